The van der Waals surface area contributed by atoms with Crippen molar-refractivity contribution >= 4 is 38.9 Å². The molecule has 1 N–H and O–H groups in total. The molecule has 3 rings (SSSR count). The molecule has 0 fully saturated rings. The van der Waals surface area contributed by atoms with Crippen molar-refractivity contribution in [2.75, 3.05) is 12.4 Å². The summed E-state index contributed by atoms with van der Waals surface area (Å²) < 4.78 is 6.15. The molecular formula is C14H12BrNO2S. The lowest BCUT2D eigenvalue weighted by Gasteiger charge is -2.23. The number of hydrogen-bond donors (Lipinski definition) is 1. The molecule has 1 atom stereocenters. The molecule has 1 aliphatic heterocycles. The Balaban J connectivity index is 2.03. The number of methoxy groups -OCH3 is 1. The van der Waals surface area contributed by atoms with E-state index in [0.717, 1.165) is 21.5 Å². The van der Waals surface area contributed by atoms with Gasteiger partial charge in [-0.2, -0.15) is 0 Å². The Hall–Kier alpha value is -1.33. The summed E-state index contributed by atoms with van der Waals surface area (Å²) in [7, 11) is 1.64. The molecule has 1 amide bonds. The van der Waals surface area contributed by atoms with Crippen LogP contribution in [0.2, 0.25) is 0 Å². The van der Waals surface area contributed by atoms with Crippen LogP contribution < -0.4 is 10.1 Å². The number of rotatable bonds is 2. The number of fused-ring (bicyclic) bond motifs is 1. The summed E-state index contributed by atoms with van der Waals surface area (Å²) in [6.45, 7) is 0. The Labute approximate surface area is 123 Å². The zero-order chi connectivity index (χ0) is 13.4. The number of anilines is 1. The third-order valence-electron chi connectivity index (χ3n) is 3.25. The van der Waals surface area contributed by atoms with E-state index in [1.807, 2.05) is 29.6 Å². The van der Waals surface area contributed by atoms with Gasteiger partial charge in [0.1, 0.15) is 5.75 Å². The first-order valence-electron chi connectivity index (χ1n) is 5.89. The van der Waals surface area contributed by atoms with E-state index in [2.05, 4.69) is 21.2 Å². The largest absolute Gasteiger partial charge is 0.496 e. The van der Waals surface area contributed by atoms with Gasteiger partial charge in [0.15, 0.2) is 0 Å². The van der Waals surface area contributed by atoms with Crippen LogP contribution in [0.3, 0.4) is 0 Å². The van der Waals surface area contributed by atoms with Gasteiger partial charge in [-0.05, 0) is 45.1 Å². The number of amides is 1. The topological polar surface area (TPSA) is 38.3 Å². The molecule has 3 nitrogen and oxygen atoms in total. The highest BCUT2D eigenvalue weighted by molar-refractivity contribution is 9.10. The van der Waals surface area contributed by atoms with E-state index in [4.69, 9.17) is 4.74 Å². The average molecular weight is 338 g/mol. The number of ether oxygens (including phenoxy) is 1. The highest BCUT2D eigenvalue weighted by Gasteiger charge is 2.27. The van der Waals surface area contributed by atoms with Crippen molar-refractivity contribution in [2.45, 2.75) is 12.3 Å². The monoisotopic (exact) mass is 337 g/mol. The number of benzene rings is 1. The maximum absolute atomic E-state index is 11.8. The molecule has 1 aromatic carbocycles. The Morgan fingerprint density at radius 3 is 3.00 bits per heavy atom. The second-order valence-corrected chi connectivity index (χ2v) is 6.20. The van der Waals surface area contributed by atoms with Crippen molar-refractivity contribution in [3.05, 3.63) is 44.6 Å². The first kappa shape index (κ1) is 12.7. The van der Waals surface area contributed by atoms with Crippen LogP contribution in [0.5, 0.6) is 5.75 Å². The van der Waals surface area contributed by atoms with Gasteiger partial charge in [-0.25, -0.2) is 0 Å². The molecule has 2 aromatic rings. The summed E-state index contributed by atoms with van der Waals surface area (Å²) in [4.78, 5) is 13.0. The Bertz CT molecular complexity index is 638. The number of carbonyl (C=O) groups excluding carboxylic acids is 1. The molecular weight excluding hydrogens is 326 g/mol. The van der Waals surface area contributed by atoms with Crippen LogP contribution in [0.1, 0.15) is 22.8 Å². The maximum Gasteiger partial charge on any atom is 0.225 e. The van der Waals surface area contributed by atoms with E-state index >= 15 is 0 Å². The molecule has 0 aliphatic carbocycles. The van der Waals surface area contributed by atoms with Gasteiger partial charge in [0, 0.05) is 17.2 Å². The van der Waals surface area contributed by atoms with E-state index in [0.29, 0.717) is 6.42 Å². The SMILES string of the molecule is COc1ccc([C@@H]2CC(=O)Nc3ccsc32)cc1Br. The quantitative estimate of drug-likeness (QED) is 0.899. The van der Waals surface area contributed by atoms with E-state index < -0.39 is 0 Å². The molecule has 0 spiro atoms. The summed E-state index contributed by atoms with van der Waals surface area (Å²) in [6.07, 6.45) is 0.492. The summed E-state index contributed by atoms with van der Waals surface area (Å²) in [5.41, 5.74) is 2.07. The van der Waals surface area contributed by atoms with Gasteiger partial charge in [-0.1, -0.05) is 6.07 Å². The third kappa shape index (κ3) is 2.28. The zero-order valence-corrected chi connectivity index (χ0v) is 12.7. The number of carbonyl (C=O) groups is 1. The Morgan fingerprint density at radius 1 is 1.42 bits per heavy atom. The lowest BCUT2D eigenvalue weighted by Crippen LogP contribution is -2.21. The highest BCUT2D eigenvalue weighted by atomic mass is 79.9. The van der Waals surface area contributed by atoms with Crippen LogP contribution in [0.15, 0.2) is 34.1 Å². The van der Waals surface area contributed by atoms with Gasteiger partial charge < -0.3 is 10.1 Å². The van der Waals surface area contributed by atoms with Crippen molar-refractivity contribution < 1.29 is 9.53 Å². The lowest BCUT2D eigenvalue weighted by atomic mass is 9.91. The molecule has 0 unspecified atom stereocenters. The standard InChI is InChI=1S/C14H12BrNO2S/c1-18-12-3-2-8(6-10(12)15)9-7-13(17)16-11-4-5-19-14(9)11/h2-6,9H,7H2,1H3,(H,16,17)/t9-/m0/s1. The number of nitrogens with one attached hydrogen (secondary N) is 1. The van der Waals surface area contributed by atoms with Gasteiger partial charge in [0.2, 0.25) is 5.91 Å². The van der Waals surface area contributed by atoms with Crippen molar-refractivity contribution in [3.63, 3.8) is 0 Å². The fourth-order valence-corrected chi connectivity index (χ4v) is 3.88. The average Bonchev–Trinajstić information content (AvgIpc) is 2.85. The van der Waals surface area contributed by atoms with Crippen LogP contribution in [0.25, 0.3) is 0 Å². The summed E-state index contributed by atoms with van der Waals surface area (Å²) >= 11 is 5.18. The third-order valence-corrected chi connectivity index (χ3v) is 4.90. The smallest absolute Gasteiger partial charge is 0.225 e. The van der Waals surface area contributed by atoms with Crippen LogP contribution >= 0.6 is 27.3 Å². The first-order valence-corrected chi connectivity index (χ1v) is 7.57. The van der Waals surface area contributed by atoms with Gasteiger partial charge in [0.05, 0.1) is 17.3 Å². The zero-order valence-electron chi connectivity index (χ0n) is 10.3. The van der Waals surface area contributed by atoms with E-state index in [1.54, 1.807) is 18.4 Å². The molecule has 5 heteroatoms. The minimum atomic E-state index is 0.0721. The number of hydrogen-bond acceptors (Lipinski definition) is 3. The predicted molar refractivity (Wildman–Crippen MR) is 80.1 cm³/mol. The van der Waals surface area contributed by atoms with Crippen molar-refractivity contribution in [1.82, 2.24) is 0 Å². The fraction of sp³-hybridized carbons (Fsp3) is 0.214. The molecule has 1 aliphatic rings. The molecule has 0 radical (unpaired) electrons. The van der Waals surface area contributed by atoms with Crippen LogP contribution in [0, 0.1) is 0 Å². The van der Waals surface area contributed by atoms with Crippen LogP contribution in [0.4, 0.5) is 5.69 Å². The van der Waals surface area contributed by atoms with Crippen molar-refractivity contribution in [1.29, 1.82) is 0 Å². The molecule has 0 saturated heterocycles. The normalized spacial score (nSPS) is 17.8. The predicted octanol–water partition coefficient (Wildman–Crippen LogP) is 3.99. The van der Waals surface area contributed by atoms with Crippen LogP contribution in [-0.2, 0) is 4.79 Å². The Morgan fingerprint density at radius 2 is 2.26 bits per heavy atom. The first-order chi connectivity index (χ1) is 9.19. The Kier molecular flexibility index (Phi) is 3.33. The van der Waals surface area contributed by atoms with Crippen molar-refractivity contribution in [3.8, 4) is 5.75 Å². The summed E-state index contributed by atoms with van der Waals surface area (Å²) in [5, 5.41) is 4.93. The highest BCUT2D eigenvalue weighted by Crippen LogP contribution is 2.42. The summed E-state index contributed by atoms with van der Waals surface area (Å²) in [5.74, 6) is 1.00. The van der Waals surface area contributed by atoms with Gasteiger partial charge >= 0.3 is 0 Å². The molecule has 1 aromatic heterocycles. The molecule has 2 heterocycles. The van der Waals surface area contributed by atoms with E-state index in [-0.39, 0.29) is 11.8 Å². The van der Waals surface area contributed by atoms with E-state index in [9.17, 15) is 4.79 Å². The fourth-order valence-electron chi connectivity index (χ4n) is 2.34. The minimum absolute atomic E-state index is 0.0721. The molecule has 0 bridgehead atoms. The van der Waals surface area contributed by atoms with Gasteiger partial charge in [0.25, 0.3) is 0 Å². The van der Waals surface area contributed by atoms with Gasteiger partial charge in [-0.3, -0.25) is 4.79 Å². The van der Waals surface area contributed by atoms with Gasteiger partial charge in [-0.15, -0.1) is 11.3 Å². The second-order valence-electron chi connectivity index (χ2n) is 4.40. The van der Waals surface area contributed by atoms with Crippen molar-refractivity contribution in [2.24, 2.45) is 0 Å². The lowest BCUT2D eigenvalue weighted by molar-refractivity contribution is -0.116. The minimum Gasteiger partial charge on any atom is -0.496 e. The summed E-state index contributed by atoms with van der Waals surface area (Å²) in [6, 6.07) is 7.95. The second kappa shape index (κ2) is 4.98. The maximum atomic E-state index is 11.8. The molecule has 98 valence electrons. The number of halogens is 1. The number of thiophene rings is 1. The van der Waals surface area contributed by atoms with E-state index in [1.165, 1.54) is 4.88 Å². The molecule has 0 saturated carbocycles. The molecule has 19 heavy (non-hydrogen) atoms. The van der Waals surface area contributed by atoms with Crippen LogP contribution in [-0.4, -0.2) is 13.0 Å².